The fourth-order valence-corrected chi connectivity index (χ4v) is 1.64. The molecule has 0 fully saturated rings. The molecule has 4 nitrogen and oxygen atoms in total. The van der Waals surface area contributed by atoms with E-state index in [0.29, 0.717) is 11.2 Å². The minimum Gasteiger partial charge on any atom is -0.370 e. The van der Waals surface area contributed by atoms with Gasteiger partial charge in [0.15, 0.2) is 0 Å². The van der Waals surface area contributed by atoms with Crippen molar-refractivity contribution < 1.29 is 0 Å². The highest BCUT2D eigenvalue weighted by atomic mass is 16.1. The number of nitrogens with one attached hydrogen (secondary N) is 2. The van der Waals surface area contributed by atoms with E-state index in [1.54, 1.807) is 6.20 Å². The lowest BCUT2D eigenvalue weighted by Crippen LogP contribution is -2.10. The monoisotopic (exact) mass is 203 g/mol. The van der Waals surface area contributed by atoms with Crippen molar-refractivity contribution in [1.82, 2.24) is 9.97 Å². The number of hydrogen-bond donors (Lipinski definition) is 2. The van der Waals surface area contributed by atoms with E-state index in [-0.39, 0.29) is 5.56 Å². The molecule has 0 atom stereocenters. The number of aromatic nitrogens is 2. The largest absolute Gasteiger partial charge is 0.370 e. The third-order valence-electron chi connectivity index (χ3n) is 2.23. The lowest BCUT2D eigenvalue weighted by Gasteiger charge is -2.07. The van der Waals surface area contributed by atoms with Crippen LogP contribution in [0.5, 0.6) is 0 Å². The van der Waals surface area contributed by atoms with Crippen LogP contribution in [-0.4, -0.2) is 16.5 Å². The zero-order valence-electron chi connectivity index (χ0n) is 8.79. The summed E-state index contributed by atoms with van der Waals surface area (Å²) in [4.78, 5) is 18.6. The van der Waals surface area contributed by atoms with Gasteiger partial charge in [0.2, 0.25) is 0 Å². The maximum absolute atomic E-state index is 11.7. The molecule has 0 spiro atoms. The minimum absolute atomic E-state index is 0.101. The summed E-state index contributed by atoms with van der Waals surface area (Å²) in [5.41, 5.74) is 0.806. The quantitative estimate of drug-likeness (QED) is 0.780. The van der Waals surface area contributed by atoms with Crippen LogP contribution in [0.4, 0.5) is 5.82 Å². The van der Waals surface area contributed by atoms with Crippen molar-refractivity contribution in [3.05, 3.63) is 34.4 Å². The molecule has 0 saturated carbocycles. The van der Waals surface area contributed by atoms with Crippen molar-refractivity contribution in [3.63, 3.8) is 0 Å². The average molecular weight is 203 g/mol. The summed E-state index contributed by atoms with van der Waals surface area (Å²) >= 11 is 0. The molecular weight excluding hydrogens is 190 g/mol. The second kappa shape index (κ2) is 3.73. The maximum atomic E-state index is 11.7. The average Bonchev–Trinajstić information content (AvgIpc) is 2.17. The number of fused-ring (bicyclic) bond motifs is 1. The third kappa shape index (κ3) is 1.70. The van der Waals surface area contributed by atoms with Gasteiger partial charge in [0.25, 0.3) is 5.56 Å². The van der Waals surface area contributed by atoms with Gasteiger partial charge in [-0.1, -0.05) is 0 Å². The molecule has 15 heavy (non-hydrogen) atoms. The topological polar surface area (TPSA) is 57.8 Å². The first-order chi connectivity index (χ1) is 7.22. The first-order valence-corrected chi connectivity index (χ1v) is 4.95. The van der Waals surface area contributed by atoms with Crippen LogP contribution in [0.1, 0.15) is 12.6 Å². The van der Waals surface area contributed by atoms with Crippen LogP contribution < -0.4 is 10.9 Å². The van der Waals surface area contributed by atoms with E-state index in [0.717, 1.165) is 17.6 Å². The van der Waals surface area contributed by atoms with Gasteiger partial charge in [0.1, 0.15) is 5.82 Å². The zero-order chi connectivity index (χ0) is 10.8. The number of pyridine rings is 2. The number of hydrogen-bond acceptors (Lipinski definition) is 3. The number of aryl methyl sites for hydroxylation is 1. The van der Waals surface area contributed by atoms with Crippen LogP contribution in [0.25, 0.3) is 10.8 Å². The molecule has 2 N–H and O–H groups in total. The molecule has 0 bridgehead atoms. The van der Waals surface area contributed by atoms with E-state index >= 15 is 0 Å². The van der Waals surface area contributed by atoms with E-state index in [1.165, 1.54) is 0 Å². The van der Waals surface area contributed by atoms with Crippen LogP contribution in [0.15, 0.2) is 23.1 Å². The molecule has 0 aliphatic heterocycles. The second-order valence-corrected chi connectivity index (χ2v) is 3.41. The Morgan fingerprint density at radius 3 is 3.07 bits per heavy atom. The number of H-pyrrole nitrogens is 1. The van der Waals surface area contributed by atoms with Crippen LogP contribution >= 0.6 is 0 Å². The minimum atomic E-state index is -0.101. The van der Waals surface area contributed by atoms with Gasteiger partial charge in [-0.05, 0) is 31.4 Å². The number of rotatable bonds is 2. The first kappa shape index (κ1) is 9.71. The smallest absolute Gasteiger partial charge is 0.259 e. The van der Waals surface area contributed by atoms with Crippen molar-refractivity contribution >= 4 is 16.6 Å². The Hall–Kier alpha value is -1.84. The third-order valence-corrected chi connectivity index (χ3v) is 2.23. The van der Waals surface area contributed by atoms with Crippen molar-refractivity contribution in [2.24, 2.45) is 0 Å². The van der Waals surface area contributed by atoms with Gasteiger partial charge in [0, 0.05) is 18.4 Å². The Kier molecular flexibility index (Phi) is 2.41. The molecule has 2 aromatic rings. The van der Waals surface area contributed by atoms with Gasteiger partial charge in [-0.3, -0.25) is 4.79 Å². The fraction of sp³-hybridized carbons (Fsp3) is 0.273. The molecule has 0 aromatic carbocycles. The Bertz CT molecular complexity index is 545. The predicted octanol–water partition coefficient (Wildman–Crippen LogP) is 1.66. The van der Waals surface area contributed by atoms with Crippen LogP contribution in [0.2, 0.25) is 0 Å². The number of nitrogens with zero attached hydrogens (tertiary/aromatic N) is 1. The van der Waals surface area contributed by atoms with Gasteiger partial charge >= 0.3 is 0 Å². The molecular formula is C11H13N3O. The lowest BCUT2D eigenvalue weighted by molar-refractivity contribution is 1.13. The van der Waals surface area contributed by atoms with E-state index in [9.17, 15) is 4.79 Å². The highest BCUT2D eigenvalue weighted by molar-refractivity contribution is 5.91. The lowest BCUT2D eigenvalue weighted by atomic mass is 10.2. The zero-order valence-corrected chi connectivity index (χ0v) is 8.79. The highest BCUT2D eigenvalue weighted by Crippen LogP contribution is 2.17. The maximum Gasteiger partial charge on any atom is 0.259 e. The van der Waals surface area contributed by atoms with E-state index in [1.807, 2.05) is 26.0 Å². The Labute approximate surface area is 87.4 Å². The fourth-order valence-electron chi connectivity index (χ4n) is 1.64. The molecule has 0 radical (unpaired) electrons. The second-order valence-electron chi connectivity index (χ2n) is 3.41. The SMILES string of the molecule is CCNc1nc(C)cc2cc[nH]c(=O)c12. The Morgan fingerprint density at radius 2 is 2.33 bits per heavy atom. The van der Waals surface area contributed by atoms with E-state index in [2.05, 4.69) is 15.3 Å². The molecule has 2 rings (SSSR count). The van der Waals surface area contributed by atoms with Gasteiger partial charge in [-0.25, -0.2) is 4.98 Å². The summed E-state index contributed by atoms with van der Waals surface area (Å²) in [6.45, 7) is 4.65. The predicted molar refractivity (Wildman–Crippen MR) is 61.3 cm³/mol. The number of aromatic amines is 1. The summed E-state index contributed by atoms with van der Waals surface area (Å²) in [5, 5.41) is 4.65. The van der Waals surface area contributed by atoms with Crippen molar-refractivity contribution in [1.29, 1.82) is 0 Å². The van der Waals surface area contributed by atoms with Crippen molar-refractivity contribution in [2.45, 2.75) is 13.8 Å². The summed E-state index contributed by atoms with van der Waals surface area (Å²) in [5.74, 6) is 0.661. The van der Waals surface area contributed by atoms with Gasteiger partial charge in [-0.15, -0.1) is 0 Å². The molecule has 2 heterocycles. The van der Waals surface area contributed by atoms with E-state index in [4.69, 9.17) is 0 Å². The summed E-state index contributed by atoms with van der Waals surface area (Å²) in [6.07, 6.45) is 1.65. The molecule has 78 valence electrons. The first-order valence-electron chi connectivity index (χ1n) is 4.95. The molecule has 4 heteroatoms. The Morgan fingerprint density at radius 1 is 1.53 bits per heavy atom. The van der Waals surface area contributed by atoms with Crippen LogP contribution in [-0.2, 0) is 0 Å². The van der Waals surface area contributed by atoms with Crippen molar-refractivity contribution in [2.75, 3.05) is 11.9 Å². The highest BCUT2D eigenvalue weighted by Gasteiger charge is 2.06. The van der Waals surface area contributed by atoms with Gasteiger partial charge in [0.05, 0.1) is 5.39 Å². The number of anilines is 1. The molecule has 0 unspecified atom stereocenters. The normalized spacial score (nSPS) is 10.5. The molecule has 0 saturated heterocycles. The summed E-state index contributed by atoms with van der Waals surface area (Å²) < 4.78 is 0. The van der Waals surface area contributed by atoms with Gasteiger partial charge in [-0.2, -0.15) is 0 Å². The van der Waals surface area contributed by atoms with Crippen LogP contribution in [0, 0.1) is 6.92 Å². The summed E-state index contributed by atoms with van der Waals surface area (Å²) in [6, 6.07) is 3.79. The van der Waals surface area contributed by atoms with Crippen molar-refractivity contribution in [3.8, 4) is 0 Å². The summed E-state index contributed by atoms with van der Waals surface area (Å²) in [7, 11) is 0. The molecule has 0 amide bonds. The Balaban J connectivity index is 2.82. The van der Waals surface area contributed by atoms with Gasteiger partial charge < -0.3 is 10.3 Å². The molecule has 0 aliphatic carbocycles. The molecule has 0 aliphatic rings. The van der Waals surface area contributed by atoms with Crippen LogP contribution in [0.3, 0.4) is 0 Å². The van der Waals surface area contributed by atoms with E-state index < -0.39 is 0 Å². The standard InChI is InChI=1S/C11H13N3O/c1-3-12-10-9-8(6-7(2)14-10)4-5-13-11(9)15/h4-6H,3H2,1-2H3,(H,12,14)(H,13,15). The molecule has 2 aromatic heterocycles.